The van der Waals surface area contributed by atoms with Gasteiger partial charge in [-0.2, -0.15) is 23.1 Å². The summed E-state index contributed by atoms with van der Waals surface area (Å²) in [7, 11) is 0. The molecule has 144 valence electrons. The molecule has 1 aromatic heterocycles. The number of anilines is 3. The van der Waals surface area contributed by atoms with Crippen molar-refractivity contribution in [1.29, 1.82) is 5.41 Å². The van der Waals surface area contributed by atoms with Crippen molar-refractivity contribution >= 4 is 35.1 Å². The summed E-state index contributed by atoms with van der Waals surface area (Å²) in [5.41, 5.74) is -1.28. The highest BCUT2D eigenvalue weighted by Gasteiger charge is 2.34. The van der Waals surface area contributed by atoms with E-state index >= 15 is 0 Å². The third-order valence-corrected chi connectivity index (χ3v) is 4.42. The van der Waals surface area contributed by atoms with Gasteiger partial charge in [0.1, 0.15) is 11.6 Å². The maximum atomic E-state index is 12.9. The average Bonchev–Trinajstić information content (AvgIpc) is 2.94. The first-order chi connectivity index (χ1) is 12.6. The predicted molar refractivity (Wildman–Crippen MR) is 97.1 cm³/mol. The summed E-state index contributed by atoms with van der Waals surface area (Å²) < 4.78 is 38.7. The van der Waals surface area contributed by atoms with Crippen molar-refractivity contribution in [3.05, 3.63) is 40.7 Å². The Morgan fingerprint density at radius 3 is 2.70 bits per heavy atom. The van der Waals surface area contributed by atoms with Crippen LogP contribution in [0.15, 0.2) is 24.3 Å². The summed E-state index contributed by atoms with van der Waals surface area (Å²) in [5, 5.41) is 20.6. The highest BCUT2D eigenvalue weighted by molar-refractivity contribution is 6.28. The molecule has 0 aliphatic carbocycles. The van der Waals surface area contributed by atoms with Crippen molar-refractivity contribution in [1.82, 2.24) is 9.97 Å². The Bertz CT molecular complexity index is 872. The Balaban J connectivity index is 1.98. The van der Waals surface area contributed by atoms with Crippen LogP contribution < -0.4 is 10.2 Å². The van der Waals surface area contributed by atoms with Gasteiger partial charge in [0.25, 0.3) is 0 Å². The van der Waals surface area contributed by atoms with Crippen LogP contribution in [0.3, 0.4) is 0 Å². The zero-order valence-electron chi connectivity index (χ0n) is 14.3. The molecule has 1 atom stereocenters. The fraction of sp³-hybridized carbons (Fsp3) is 0.353. The molecular weight excluding hydrogens is 383 g/mol. The number of alkyl halides is 3. The summed E-state index contributed by atoms with van der Waals surface area (Å²) in [5.74, 6) is 0.461. The lowest BCUT2D eigenvalue weighted by Gasteiger charge is -2.22. The lowest BCUT2D eigenvalue weighted by molar-refractivity contribution is -0.137. The van der Waals surface area contributed by atoms with E-state index in [4.69, 9.17) is 17.0 Å². The van der Waals surface area contributed by atoms with Crippen molar-refractivity contribution in [3.8, 4) is 0 Å². The molecule has 0 saturated carbocycles. The number of rotatable bonds is 4. The SMILES string of the molecule is CC1(O)CCN(c2nc(Cl)nc(Nc3cccc(C(F)(F)F)c3)c2C=N)C1. The number of hydrogen-bond donors (Lipinski definition) is 3. The van der Waals surface area contributed by atoms with Gasteiger partial charge in [0.2, 0.25) is 5.28 Å². The Morgan fingerprint density at radius 1 is 1.37 bits per heavy atom. The number of aromatic nitrogens is 2. The highest BCUT2D eigenvalue weighted by Crippen LogP contribution is 2.34. The molecule has 1 aliphatic heterocycles. The van der Waals surface area contributed by atoms with Crippen LogP contribution >= 0.6 is 11.6 Å². The van der Waals surface area contributed by atoms with Crippen molar-refractivity contribution in [2.75, 3.05) is 23.3 Å². The predicted octanol–water partition coefficient (Wildman–Crippen LogP) is 3.85. The minimum atomic E-state index is -4.47. The van der Waals surface area contributed by atoms with E-state index in [2.05, 4.69) is 15.3 Å². The standard InChI is InChI=1S/C17H17ClF3N5O/c1-16(27)5-6-26(9-16)14-12(8-22)13(24-15(18)25-14)23-11-4-2-3-10(7-11)17(19,20)21/h2-4,7-8,22,27H,5-6,9H2,1H3,(H,23,24,25). The van der Waals surface area contributed by atoms with Crippen molar-refractivity contribution in [2.45, 2.75) is 25.1 Å². The second kappa shape index (κ2) is 6.97. The van der Waals surface area contributed by atoms with E-state index < -0.39 is 17.3 Å². The topological polar surface area (TPSA) is 85.1 Å². The Kier molecular flexibility index (Phi) is 5.00. The van der Waals surface area contributed by atoms with Gasteiger partial charge in [-0.1, -0.05) is 6.07 Å². The fourth-order valence-electron chi connectivity index (χ4n) is 2.94. The monoisotopic (exact) mass is 399 g/mol. The van der Waals surface area contributed by atoms with E-state index in [9.17, 15) is 18.3 Å². The van der Waals surface area contributed by atoms with E-state index in [0.717, 1.165) is 18.3 Å². The lowest BCUT2D eigenvalue weighted by Crippen LogP contribution is -2.30. The number of nitrogens with zero attached hydrogens (tertiary/aromatic N) is 3. The molecular formula is C17H17ClF3N5O. The minimum Gasteiger partial charge on any atom is -0.388 e. The van der Waals surface area contributed by atoms with Gasteiger partial charge in [0.05, 0.1) is 16.7 Å². The van der Waals surface area contributed by atoms with Crippen molar-refractivity contribution in [3.63, 3.8) is 0 Å². The highest BCUT2D eigenvalue weighted by atomic mass is 35.5. The van der Waals surface area contributed by atoms with Gasteiger partial charge in [-0.05, 0) is 43.1 Å². The number of β-amino-alcohol motifs (C(OH)–C–C–N with tert-alkyl or cyclic N) is 1. The van der Waals surface area contributed by atoms with Gasteiger partial charge in [-0.15, -0.1) is 0 Å². The van der Waals surface area contributed by atoms with Crippen LogP contribution in [0.2, 0.25) is 5.28 Å². The number of aliphatic hydroxyl groups is 1. The largest absolute Gasteiger partial charge is 0.416 e. The normalized spacial score (nSPS) is 20.0. The van der Waals surface area contributed by atoms with E-state index in [1.54, 1.807) is 11.8 Å². The maximum absolute atomic E-state index is 12.9. The van der Waals surface area contributed by atoms with Crippen LogP contribution in [0.25, 0.3) is 0 Å². The van der Waals surface area contributed by atoms with Crippen LogP contribution in [-0.2, 0) is 6.18 Å². The molecule has 0 bridgehead atoms. The van der Waals surface area contributed by atoms with Gasteiger partial charge in [0, 0.05) is 25.0 Å². The lowest BCUT2D eigenvalue weighted by atomic mass is 10.1. The number of benzene rings is 1. The maximum Gasteiger partial charge on any atom is 0.416 e. The molecule has 1 saturated heterocycles. The summed E-state index contributed by atoms with van der Waals surface area (Å²) in [6.07, 6.45) is -2.95. The second-order valence-electron chi connectivity index (χ2n) is 6.59. The number of hydrogen-bond acceptors (Lipinski definition) is 6. The molecule has 3 N–H and O–H groups in total. The van der Waals surface area contributed by atoms with E-state index in [0.29, 0.717) is 25.3 Å². The average molecular weight is 400 g/mol. The van der Waals surface area contributed by atoms with Crippen LogP contribution in [-0.4, -0.2) is 40.0 Å². The molecule has 10 heteroatoms. The number of halogens is 4. The minimum absolute atomic E-state index is 0.114. The Hall–Kier alpha value is -2.39. The first-order valence-electron chi connectivity index (χ1n) is 8.09. The van der Waals surface area contributed by atoms with Crippen molar-refractivity contribution < 1.29 is 18.3 Å². The summed E-state index contributed by atoms with van der Waals surface area (Å²) in [6.45, 7) is 2.50. The third-order valence-electron chi connectivity index (χ3n) is 4.25. The van der Waals surface area contributed by atoms with E-state index in [1.165, 1.54) is 12.1 Å². The van der Waals surface area contributed by atoms with Gasteiger partial charge < -0.3 is 20.7 Å². The van der Waals surface area contributed by atoms with Crippen molar-refractivity contribution in [2.24, 2.45) is 0 Å². The molecule has 1 aromatic carbocycles. The summed E-state index contributed by atoms with van der Waals surface area (Å²) >= 11 is 5.99. The van der Waals surface area contributed by atoms with Crippen LogP contribution in [0, 0.1) is 5.41 Å². The van der Waals surface area contributed by atoms with Gasteiger partial charge >= 0.3 is 6.18 Å². The molecule has 1 fully saturated rings. The molecule has 0 radical (unpaired) electrons. The summed E-state index contributed by atoms with van der Waals surface area (Å²) in [6, 6.07) is 4.65. The van der Waals surface area contributed by atoms with Gasteiger partial charge in [-0.3, -0.25) is 0 Å². The Labute approximate surface area is 158 Å². The molecule has 1 aliphatic rings. The molecule has 2 heterocycles. The molecule has 1 unspecified atom stereocenters. The van der Waals surface area contributed by atoms with E-state index in [1.807, 2.05) is 0 Å². The molecule has 6 nitrogen and oxygen atoms in total. The smallest absolute Gasteiger partial charge is 0.388 e. The zero-order chi connectivity index (χ0) is 19.8. The molecule has 2 aromatic rings. The zero-order valence-corrected chi connectivity index (χ0v) is 15.1. The van der Waals surface area contributed by atoms with Crippen LogP contribution in [0.1, 0.15) is 24.5 Å². The molecule has 27 heavy (non-hydrogen) atoms. The first-order valence-corrected chi connectivity index (χ1v) is 8.46. The quantitative estimate of drug-likeness (QED) is 0.537. The molecule has 3 rings (SSSR count). The molecule has 0 amide bonds. The summed E-state index contributed by atoms with van der Waals surface area (Å²) in [4.78, 5) is 9.94. The van der Waals surface area contributed by atoms with E-state index in [-0.39, 0.29) is 22.4 Å². The second-order valence-corrected chi connectivity index (χ2v) is 6.93. The van der Waals surface area contributed by atoms with Gasteiger partial charge in [-0.25, -0.2) is 0 Å². The molecule has 0 spiro atoms. The number of nitrogens with one attached hydrogen (secondary N) is 2. The van der Waals surface area contributed by atoms with Crippen LogP contribution in [0.4, 0.5) is 30.5 Å². The third kappa shape index (κ3) is 4.30. The van der Waals surface area contributed by atoms with Gasteiger partial charge in [0.15, 0.2) is 0 Å². The van der Waals surface area contributed by atoms with Crippen LogP contribution in [0.5, 0.6) is 0 Å². The fourth-order valence-corrected chi connectivity index (χ4v) is 3.10. The first kappa shape index (κ1) is 19.4. The Morgan fingerprint density at radius 2 is 2.11 bits per heavy atom.